The number of hydrogen-bond acceptors (Lipinski definition) is 6. The predicted octanol–water partition coefficient (Wildman–Crippen LogP) is 2.57. The molecule has 0 amide bonds. The van der Waals surface area contributed by atoms with Gasteiger partial charge in [-0.3, -0.25) is 0 Å². The smallest absolute Gasteiger partial charge is 0.361 e. The number of piperidine rings is 1. The van der Waals surface area contributed by atoms with Crippen LogP contribution in [0.1, 0.15) is 30.2 Å². The Morgan fingerprint density at radius 1 is 1.50 bits per heavy atom. The maximum Gasteiger partial charge on any atom is 0.492 e. The Hall–Kier alpha value is -2.36. The van der Waals surface area contributed by atoms with E-state index in [1.54, 1.807) is 6.20 Å². The van der Waals surface area contributed by atoms with Gasteiger partial charge in [0.05, 0.1) is 11.6 Å². The van der Waals surface area contributed by atoms with Crippen LogP contribution in [0.4, 0.5) is 13.2 Å². The Labute approximate surface area is 134 Å². The number of hydrogen-bond donors (Lipinski definition) is 1. The van der Waals surface area contributed by atoms with E-state index in [0.29, 0.717) is 30.3 Å². The van der Waals surface area contributed by atoms with Gasteiger partial charge in [-0.25, -0.2) is 4.79 Å². The third-order valence-corrected chi connectivity index (χ3v) is 3.69. The molecule has 0 aromatic carbocycles. The minimum Gasteiger partial charge on any atom is -0.361 e. The number of carbonyl (C=O) groups excluding carboxylic acids is 1. The standard InChI is InChI=1S/C14H15F3N4O3/c1-8-5-10(18-6-8)11-19-12(23-20-11)9-3-2-4-21(7-9)24-13(22)14(15,16)17/h5-6,9,18H,2-4,7H2,1H3/t9-/m0/s1. The number of alkyl halides is 3. The molecule has 2 aromatic rings. The Kier molecular flexibility index (Phi) is 4.31. The van der Waals surface area contributed by atoms with Crippen LogP contribution in [0.5, 0.6) is 0 Å². The van der Waals surface area contributed by atoms with E-state index in [4.69, 9.17) is 4.52 Å². The van der Waals surface area contributed by atoms with E-state index in [9.17, 15) is 18.0 Å². The van der Waals surface area contributed by atoms with Crippen molar-refractivity contribution in [1.29, 1.82) is 0 Å². The van der Waals surface area contributed by atoms with Crippen molar-refractivity contribution in [3.05, 3.63) is 23.7 Å². The highest BCUT2D eigenvalue weighted by Crippen LogP contribution is 2.28. The minimum absolute atomic E-state index is 0.0766. The maximum absolute atomic E-state index is 12.3. The lowest BCUT2D eigenvalue weighted by atomic mass is 9.99. The monoisotopic (exact) mass is 344 g/mol. The number of rotatable bonds is 3. The van der Waals surface area contributed by atoms with Crippen LogP contribution in [-0.4, -0.2) is 45.4 Å². The average molecular weight is 344 g/mol. The molecular formula is C14H15F3N4O3. The lowest BCUT2D eigenvalue weighted by Crippen LogP contribution is -2.40. The van der Waals surface area contributed by atoms with Crippen LogP contribution < -0.4 is 0 Å². The fourth-order valence-corrected chi connectivity index (χ4v) is 2.54. The molecule has 1 N–H and O–H groups in total. The fraction of sp³-hybridized carbons (Fsp3) is 0.500. The number of halogens is 3. The van der Waals surface area contributed by atoms with E-state index in [2.05, 4.69) is 20.0 Å². The first-order valence-corrected chi connectivity index (χ1v) is 7.36. The van der Waals surface area contributed by atoms with E-state index < -0.39 is 12.1 Å². The Morgan fingerprint density at radius 3 is 2.96 bits per heavy atom. The fourth-order valence-electron chi connectivity index (χ4n) is 2.54. The molecule has 0 spiro atoms. The highest BCUT2D eigenvalue weighted by Gasteiger charge is 2.43. The second-order valence-electron chi connectivity index (χ2n) is 5.65. The van der Waals surface area contributed by atoms with Crippen LogP contribution in [0.15, 0.2) is 16.8 Å². The summed E-state index contributed by atoms with van der Waals surface area (Å²) in [6.07, 6.45) is -2.01. The van der Waals surface area contributed by atoms with E-state index in [1.807, 2.05) is 13.0 Å². The number of hydroxylamine groups is 2. The normalized spacial score (nSPS) is 19.4. The summed E-state index contributed by atoms with van der Waals surface area (Å²) in [6, 6.07) is 1.85. The molecule has 0 aliphatic carbocycles. The second-order valence-corrected chi connectivity index (χ2v) is 5.65. The zero-order valence-electron chi connectivity index (χ0n) is 12.8. The van der Waals surface area contributed by atoms with Gasteiger partial charge < -0.3 is 14.3 Å². The quantitative estimate of drug-likeness (QED) is 0.921. The van der Waals surface area contributed by atoms with Crippen molar-refractivity contribution in [2.75, 3.05) is 13.1 Å². The molecule has 130 valence electrons. The summed E-state index contributed by atoms with van der Waals surface area (Å²) in [5.41, 5.74) is 1.71. The summed E-state index contributed by atoms with van der Waals surface area (Å²) in [5, 5.41) is 4.87. The van der Waals surface area contributed by atoms with Crippen LogP contribution in [0.25, 0.3) is 11.5 Å². The lowest BCUT2D eigenvalue weighted by Gasteiger charge is -2.29. The zero-order valence-corrected chi connectivity index (χ0v) is 12.8. The molecule has 1 aliphatic heterocycles. The molecule has 2 aromatic heterocycles. The van der Waals surface area contributed by atoms with Crippen LogP contribution in [0, 0.1) is 6.92 Å². The van der Waals surface area contributed by atoms with E-state index in [-0.39, 0.29) is 19.0 Å². The van der Waals surface area contributed by atoms with Crippen LogP contribution in [-0.2, 0) is 9.63 Å². The summed E-state index contributed by atoms with van der Waals surface area (Å²) in [5.74, 6) is -1.83. The summed E-state index contributed by atoms with van der Waals surface area (Å²) in [4.78, 5) is 22.6. The molecule has 1 atom stereocenters. The van der Waals surface area contributed by atoms with E-state index >= 15 is 0 Å². The van der Waals surface area contributed by atoms with Gasteiger partial charge in [0.25, 0.3) is 0 Å². The third kappa shape index (κ3) is 3.58. The molecule has 0 unspecified atom stereocenters. The van der Waals surface area contributed by atoms with Crippen LogP contribution in [0.3, 0.4) is 0 Å². The predicted molar refractivity (Wildman–Crippen MR) is 74.5 cm³/mol. The minimum atomic E-state index is -5.02. The molecule has 1 fully saturated rings. The molecule has 1 aliphatic rings. The number of aromatic amines is 1. The summed E-state index contributed by atoms with van der Waals surface area (Å²) in [6.45, 7) is 2.22. The van der Waals surface area contributed by atoms with E-state index in [1.165, 1.54) is 0 Å². The Morgan fingerprint density at radius 2 is 2.29 bits per heavy atom. The van der Waals surface area contributed by atoms with Gasteiger partial charge in [-0.1, -0.05) is 5.16 Å². The van der Waals surface area contributed by atoms with Crippen molar-refractivity contribution in [3.8, 4) is 11.5 Å². The van der Waals surface area contributed by atoms with Crippen molar-refractivity contribution in [1.82, 2.24) is 20.2 Å². The number of nitrogens with zero attached hydrogens (tertiary/aromatic N) is 3. The number of carbonyl (C=O) groups is 1. The first-order valence-electron chi connectivity index (χ1n) is 7.36. The van der Waals surface area contributed by atoms with E-state index in [0.717, 1.165) is 10.6 Å². The number of aromatic nitrogens is 3. The molecule has 0 saturated carbocycles. The molecule has 7 nitrogen and oxygen atoms in total. The van der Waals surface area contributed by atoms with Crippen LogP contribution in [0.2, 0.25) is 0 Å². The highest BCUT2D eigenvalue weighted by molar-refractivity contribution is 5.75. The Balaban J connectivity index is 1.67. The van der Waals surface area contributed by atoms with Gasteiger partial charge in [0.15, 0.2) is 0 Å². The zero-order chi connectivity index (χ0) is 17.3. The average Bonchev–Trinajstić information content (AvgIpc) is 3.15. The van der Waals surface area contributed by atoms with Crippen molar-refractivity contribution in [2.45, 2.75) is 31.9 Å². The molecule has 24 heavy (non-hydrogen) atoms. The van der Waals surface area contributed by atoms with Gasteiger partial charge in [-0.05, 0) is 31.4 Å². The highest BCUT2D eigenvalue weighted by atomic mass is 19.4. The van der Waals surface area contributed by atoms with Crippen LogP contribution >= 0.6 is 0 Å². The van der Waals surface area contributed by atoms with Gasteiger partial charge >= 0.3 is 12.1 Å². The molecule has 0 bridgehead atoms. The third-order valence-electron chi connectivity index (χ3n) is 3.69. The molecular weight excluding hydrogens is 329 g/mol. The number of H-pyrrole nitrogens is 1. The van der Waals surface area contributed by atoms with Crippen molar-refractivity contribution < 1.29 is 27.3 Å². The Bertz CT molecular complexity index is 725. The SMILES string of the molecule is Cc1c[nH]c(-c2noc([C@H]3CCCN(OC(=O)C(F)(F)F)C3)n2)c1. The van der Waals surface area contributed by atoms with Crippen molar-refractivity contribution in [2.24, 2.45) is 0 Å². The molecule has 3 heterocycles. The molecule has 3 rings (SSSR count). The van der Waals surface area contributed by atoms with Gasteiger partial charge in [-0.2, -0.15) is 18.2 Å². The van der Waals surface area contributed by atoms with Gasteiger partial charge in [0.1, 0.15) is 0 Å². The maximum atomic E-state index is 12.3. The largest absolute Gasteiger partial charge is 0.492 e. The first kappa shape index (κ1) is 16.5. The number of aryl methyl sites for hydroxylation is 1. The van der Waals surface area contributed by atoms with Gasteiger partial charge in [-0.15, -0.1) is 5.06 Å². The van der Waals surface area contributed by atoms with Crippen molar-refractivity contribution in [3.63, 3.8) is 0 Å². The lowest BCUT2D eigenvalue weighted by molar-refractivity contribution is -0.242. The van der Waals surface area contributed by atoms with Gasteiger partial charge in [0, 0.05) is 19.3 Å². The first-order chi connectivity index (χ1) is 11.3. The van der Waals surface area contributed by atoms with Gasteiger partial charge in [0.2, 0.25) is 11.7 Å². The molecule has 10 heteroatoms. The topological polar surface area (TPSA) is 84.3 Å². The molecule has 0 radical (unpaired) electrons. The summed E-state index contributed by atoms with van der Waals surface area (Å²) in [7, 11) is 0. The second kappa shape index (κ2) is 6.27. The van der Waals surface area contributed by atoms with Crippen molar-refractivity contribution >= 4 is 5.97 Å². The summed E-state index contributed by atoms with van der Waals surface area (Å²) < 4.78 is 42.0. The summed E-state index contributed by atoms with van der Waals surface area (Å²) >= 11 is 0. The number of nitrogens with one attached hydrogen (secondary N) is 1. The molecule has 1 saturated heterocycles.